The highest BCUT2D eigenvalue weighted by molar-refractivity contribution is 4.71. The van der Waals surface area contributed by atoms with Gasteiger partial charge >= 0.3 is 0 Å². The van der Waals surface area contributed by atoms with Crippen molar-refractivity contribution in [3.05, 3.63) is 6.92 Å². The molecule has 0 N–H and O–H groups in total. The first-order valence-electron chi connectivity index (χ1n) is 4.39. The molecule has 0 amide bonds. The van der Waals surface area contributed by atoms with E-state index >= 15 is 0 Å². The van der Waals surface area contributed by atoms with E-state index in [4.69, 9.17) is 14.2 Å². The SMILES string of the molecule is [CH2]C(COCC)(OCC)OCC. The highest BCUT2D eigenvalue weighted by Gasteiger charge is 2.24. The lowest BCUT2D eigenvalue weighted by Crippen LogP contribution is -2.38. The third-order valence-corrected chi connectivity index (χ3v) is 1.34. The van der Waals surface area contributed by atoms with Crippen LogP contribution in [0, 0.1) is 6.92 Å². The average Bonchev–Trinajstić information content (AvgIpc) is 2.02. The standard InChI is InChI=1S/C9H19O3/c1-5-10-8-9(4,11-6-2)12-7-3/h4-8H2,1-3H3. The van der Waals surface area contributed by atoms with Crippen LogP contribution in [0.3, 0.4) is 0 Å². The minimum absolute atomic E-state index is 0.380. The van der Waals surface area contributed by atoms with E-state index in [2.05, 4.69) is 6.92 Å². The summed E-state index contributed by atoms with van der Waals surface area (Å²) in [6, 6.07) is 0. The topological polar surface area (TPSA) is 27.7 Å². The van der Waals surface area contributed by atoms with E-state index in [1.165, 1.54) is 0 Å². The first-order valence-corrected chi connectivity index (χ1v) is 4.39. The number of hydrogen-bond acceptors (Lipinski definition) is 3. The Balaban J connectivity index is 3.80. The molecule has 0 aromatic heterocycles. The largest absolute Gasteiger partial charge is 0.376 e. The molecule has 12 heavy (non-hydrogen) atoms. The van der Waals surface area contributed by atoms with Crippen LogP contribution in [0.4, 0.5) is 0 Å². The van der Waals surface area contributed by atoms with Crippen molar-refractivity contribution in [3.8, 4) is 0 Å². The summed E-state index contributed by atoms with van der Waals surface area (Å²) >= 11 is 0. The second-order valence-electron chi connectivity index (χ2n) is 2.41. The van der Waals surface area contributed by atoms with Crippen molar-refractivity contribution in [2.75, 3.05) is 26.4 Å². The molecule has 0 aromatic rings. The summed E-state index contributed by atoms with van der Waals surface area (Å²) in [5.74, 6) is -0.820. The fourth-order valence-electron chi connectivity index (χ4n) is 0.909. The van der Waals surface area contributed by atoms with Gasteiger partial charge in [-0.25, -0.2) is 0 Å². The summed E-state index contributed by atoms with van der Waals surface area (Å²) in [6.07, 6.45) is 0. The van der Waals surface area contributed by atoms with Gasteiger partial charge in [0.25, 0.3) is 0 Å². The molecule has 3 heteroatoms. The molecule has 0 aliphatic carbocycles. The monoisotopic (exact) mass is 175 g/mol. The third-order valence-electron chi connectivity index (χ3n) is 1.34. The predicted molar refractivity (Wildman–Crippen MR) is 47.8 cm³/mol. The van der Waals surface area contributed by atoms with E-state index < -0.39 is 5.79 Å². The Labute approximate surface area is 75.0 Å². The first kappa shape index (κ1) is 11.9. The summed E-state index contributed by atoms with van der Waals surface area (Å²) < 4.78 is 15.8. The molecule has 0 rings (SSSR count). The van der Waals surface area contributed by atoms with E-state index in [9.17, 15) is 0 Å². The number of ether oxygens (including phenoxy) is 3. The Kier molecular flexibility index (Phi) is 6.34. The molecule has 0 spiro atoms. The van der Waals surface area contributed by atoms with E-state index in [-0.39, 0.29) is 0 Å². The fourth-order valence-corrected chi connectivity index (χ4v) is 0.909. The molecule has 0 aromatic carbocycles. The first-order chi connectivity index (χ1) is 5.68. The molecule has 0 saturated carbocycles. The van der Waals surface area contributed by atoms with Crippen molar-refractivity contribution >= 4 is 0 Å². The maximum absolute atomic E-state index is 5.31. The molecule has 3 nitrogen and oxygen atoms in total. The van der Waals surface area contributed by atoms with Crippen LogP contribution in [0.1, 0.15) is 20.8 Å². The predicted octanol–water partition coefficient (Wildman–Crippen LogP) is 1.63. The van der Waals surface area contributed by atoms with Crippen LogP contribution >= 0.6 is 0 Å². The Morgan fingerprint density at radius 3 is 1.83 bits per heavy atom. The van der Waals surface area contributed by atoms with Crippen LogP contribution in [-0.4, -0.2) is 32.2 Å². The van der Waals surface area contributed by atoms with Crippen molar-refractivity contribution in [3.63, 3.8) is 0 Å². The van der Waals surface area contributed by atoms with Gasteiger partial charge in [0, 0.05) is 26.7 Å². The van der Waals surface area contributed by atoms with E-state index in [0.29, 0.717) is 26.4 Å². The number of rotatable bonds is 7. The van der Waals surface area contributed by atoms with Gasteiger partial charge < -0.3 is 14.2 Å². The lowest BCUT2D eigenvalue weighted by atomic mass is 10.3. The number of hydrogen-bond donors (Lipinski definition) is 0. The van der Waals surface area contributed by atoms with Gasteiger partial charge in [0.2, 0.25) is 0 Å². The zero-order valence-electron chi connectivity index (χ0n) is 8.26. The normalized spacial score (nSPS) is 12.0. The molecule has 0 aliphatic rings. The van der Waals surface area contributed by atoms with Gasteiger partial charge in [-0.2, -0.15) is 0 Å². The Bertz CT molecular complexity index is 97.9. The summed E-state index contributed by atoms with van der Waals surface area (Å²) in [5.41, 5.74) is 0. The van der Waals surface area contributed by atoms with Crippen LogP contribution < -0.4 is 0 Å². The zero-order chi connectivity index (χ0) is 9.45. The average molecular weight is 175 g/mol. The molecular weight excluding hydrogens is 156 g/mol. The van der Waals surface area contributed by atoms with Gasteiger partial charge in [0.15, 0.2) is 5.79 Å². The Hall–Kier alpha value is -0.120. The smallest absolute Gasteiger partial charge is 0.191 e. The quantitative estimate of drug-likeness (QED) is 0.550. The Morgan fingerprint density at radius 1 is 1.00 bits per heavy atom. The van der Waals surface area contributed by atoms with E-state index in [0.717, 1.165) is 0 Å². The van der Waals surface area contributed by atoms with Crippen LogP contribution in [0.5, 0.6) is 0 Å². The zero-order valence-corrected chi connectivity index (χ0v) is 8.26. The van der Waals surface area contributed by atoms with Gasteiger partial charge in [-0.1, -0.05) is 0 Å². The summed E-state index contributed by atoms with van der Waals surface area (Å²) in [6.45, 7) is 11.8. The minimum Gasteiger partial charge on any atom is -0.376 e. The van der Waals surface area contributed by atoms with Gasteiger partial charge in [0.1, 0.15) is 6.61 Å². The molecule has 0 heterocycles. The van der Waals surface area contributed by atoms with Crippen LogP contribution in [0.2, 0.25) is 0 Å². The van der Waals surface area contributed by atoms with Crippen LogP contribution in [0.15, 0.2) is 0 Å². The van der Waals surface area contributed by atoms with Gasteiger partial charge in [0.05, 0.1) is 0 Å². The van der Waals surface area contributed by atoms with Crippen molar-refractivity contribution in [1.29, 1.82) is 0 Å². The third kappa shape index (κ3) is 4.70. The molecule has 0 fully saturated rings. The Morgan fingerprint density at radius 2 is 1.50 bits per heavy atom. The van der Waals surface area contributed by atoms with E-state index in [1.54, 1.807) is 0 Å². The molecule has 73 valence electrons. The highest BCUT2D eigenvalue weighted by atomic mass is 16.7. The summed E-state index contributed by atoms with van der Waals surface area (Å²) in [5, 5.41) is 0. The van der Waals surface area contributed by atoms with Gasteiger partial charge in [-0.3, -0.25) is 0 Å². The van der Waals surface area contributed by atoms with Crippen molar-refractivity contribution < 1.29 is 14.2 Å². The summed E-state index contributed by atoms with van der Waals surface area (Å²) in [7, 11) is 0. The molecule has 0 unspecified atom stereocenters. The fraction of sp³-hybridized carbons (Fsp3) is 0.889. The molecule has 0 aliphatic heterocycles. The molecule has 0 atom stereocenters. The lowest BCUT2D eigenvalue weighted by molar-refractivity contribution is -0.227. The van der Waals surface area contributed by atoms with Crippen LogP contribution in [-0.2, 0) is 14.2 Å². The second kappa shape index (κ2) is 6.40. The summed E-state index contributed by atoms with van der Waals surface area (Å²) in [4.78, 5) is 0. The molecule has 0 saturated heterocycles. The molecule has 1 radical (unpaired) electrons. The highest BCUT2D eigenvalue weighted by Crippen LogP contribution is 2.11. The molecule has 0 bridgehead atoms. The van der Waals surface area contributed by atoms with Crippen molar-refractivity contribution in [1.82, 2.24) is 0 Å². The minimum atomic E-state index is -0.820. The lowest BCUT2D eigenvalue weighted by Gasteiger charge is -2.28. The van der Waals surface area contributed by atoms with Gasteiger partial charge in [-0.05, 0) is 20.8 Å². The van der Waals surface area contributed by atoms with Crippen molar-refractivity contribution in [2.45, 2.75) is 26.6 Å². The maximum atomic E-state index is 5.31. The van der Waals surface area contributed by atoms with Gasteiger partial charge in [-0.15, -0.1) is 0 Å². The van der Waals surface area contributed by atoms with Crippen LogP contribution in [0.25, 0.3) is 0 Å². The second-order valence-corrected chi connectivity index (χ2v) is 2.41. The van der Waals surface area contributed by atoms with E-state index in [1.807, 2.05) is 20.8 Å². The van der Waals surface area contributed by atoms with Crippen molar-refractivity contribution in [2.24, 2.45) is 0 Å². The maximum Gasteiger partial charge on any atom is 0.191 e. The molecular formula is C9H19O3.